The second-order valence-corrected chi connectivity index (χ2v) is 6.70. The third-order valence-electron chi connectivity index (χ3n) is 3.35. The van der Waals surface area contributed by atoms with Crippen LogP contribution in [0.15, 0.2) is 23.1 Å². The Bertz CT molecular complexity index is 629. The Morgan fingerprint density at radius 3 is 2.52 bits per heavy atom. The molecule has 0 radical (unpaired) electrons. The highest BCUT2D eigenvalue weighted by atomic mass is 32.2. The molecule has 0 bridgehead atoms. The molecule has 0 heterocycles. The number of anilines is 1. The minimum Gasteiger partial charge on any atom is -0.478 e. The van der Waals surface area contributed by atoms with Crippen molar-refractivity contribution in [3.05, 3.63) is 23.8 Å². The summed E-state index contributed by atoms with van der Waals surface area (Å²) >= 11 is 0. The van der Waals surface area contributed by atoms with Gasteiger partial charge in [-0.2, -0.15) is 0 Å². The fourth-order valence-corrected chi connectivity index (χ4v) is 3.61. The predicted molar refractivity (Wildman–Crippen MR) is 78.5 cm³/mol. The summed E-state index contributed by atoms with van der Waals surface area (Å²) in [6, 6.07) is 3.59. The molecule has 118 valence electrons. The first kappa shape index (κ1) is 17.4. The SMILES string of the molecule is CCC(C)(CCO)NS(=O)(=O)c1cc(N)ccc1C(=O)O. The van der Waals surface area contributed by atoms with E-state index in [4.69, 9.17) is 15.9 Å². The lowest BCUT2D eigenvalue weighted by molar-refractivity contribution is 0.0692. The summed E-state index contributed by atoms with van der Waals surface area (Å²) in [5.41, 5.74) is 4.49. The van der Waals surface area contributed by atoms with Crippen LogP contribution in [0.1, 0.15) is 37.0 Å². The van der Waals surface area contributed by atoms with Crippen molar-refractivity contribution in [3.8, 4) is 0 Å². The summed E-state index contributed by atoms with van der Waals surface area (Å²) in [6.07, 6.45) is 0.658. The first-order chi connectivity index (χ1) is 9.65. The quantitative estimate of drug-likeness (QED) is 0.550. The average Bonchev–Trinajstić information content (AvgIpc) is 2.38. The van der Waals surface area contributed by atoms with E-state index < -0.39 is 21.5 Å². The Labute approximate surface area is 123 Å². The number of sulfonamides is 1. The molecule has 21 heavy (non-hydrogen) atoms. The Morgan fingerprint density at radius 1 is 1.43 bits per heavy atom. The number of aromatic carboxylic acids is 1. The summed E-state index contributed by atoms with van der Waals surface area (Å²) in [5.74, 6) is -1.35. The van der Waals surface area contributed by atoms with Gasteiger partial charge in [0.05, 0.1) is 10.5 Å². The van der Waals surface area contributed by atoms with Crippen molar-refractivity contribution in [1.82, 2.24) is 4.72 Å². The number of rotatable bonds is 7. The molecule has 1 aromatic rings. The second kappa shape index (κ2) is 6.42. The van der Waals surface area contributed by atoms with Crippen molar-refractivity contribution in [2.24, 2.45) is 0 Å². The van der Waals surface area contributed by atoms with Crippen LogP contribution >= 0.6 is 0 Å². The third kappa shape index (κ3) is 4.16. The number of nitrogens with one attached hydrogen (secondary N) is 1. The summed E-state index contributed by atoms with van der Waals surface area (Å²) in [7, 11) is -4.07. The zero-order valence-corrected chi connectivity index (χ0v) is 12.8. The summed E-state index contributed by atoms with van der Waals surface area (Å²) in [6.45, 7) is 3.23. The highest BCUT2D eigenvalue weighted by Gasteiger charge is 2.31. The van der Waals surface area contributed by atoms with Crippen LogP contribution in [0.5, 0.6) is 0 Å². The van der Waals surface area contributed by atoms with Gasteiger partial charge in [-0.15, -0.1) is 0 Å². The van der Waals surface area contributed by atoms with Crippen LogP contribution in [0.4, 0.5) is 5.69 Å². The van der Waals surface area contributed by atoms with Gasteiger partial charge in [-0.1, -0.05) is 6.92 Å². The summed E-state index contributed by atoms with van der Waals surface area (Å²) in [4.78, 5) is 10.8. The smallest absolute Gasteiger partial charge is 0.337 e. The minimum atomic E-state index is -4.07. The molecule has 7 nitrogen and oxygen atoms in total. The van der Waals surface area contributed by atoms with E-state index in [-0.39, 0.29) is 29.2 Å². The molecule has 0 aromatic heterocycles. The number of nitrogens with two attached hydrogens (primary N) is 1. The maximum atomic E-state index is 12.4. The van der Waals surface area contributed by atoms with Crippen LogP contribution < -0.4 is 10.5 Å². The minimum absolute atomic E-state index is 0.153. The Kier molecular flexibility index (Phi) is 5.32. The van der Waals surface area contributed by atoms with Gasteiger partial charge < -0.3 is 15.9 Å². The van der Waals surface area contributed by atoms with Crippen LogP contribution in [0, 0.1) is 0 Å². The monoisotopic (exact) mass is 316 g/mol. The van der Waals surface area contributed by atoms with Gasteiger partial charge >= 0.3 is 5.97 Å². The molecule has 0 saturated carbocycles. The van der Waals surface area contributed by atoms with E-state index in [9.17, 15) is 13.2 Å². The highest BCUT2D eigenvalue weighted by molar-refractivity contribution is 7.89. The highest BCUT2D eigenvalue weighted by Crippen LogP contribution is 2.23. The van der Waals surface area contributed by atoms with Crippen LogP contribution in [0.3, 0.4) is 0 Å². The summed E-state index contributed by atoms with van der Waals surface area (Å²) in [5, 5.41) is 18.1. The molecule has 1 unspecified atom stereocenters. The van der Waals surface area contributed by atoms with Crippen LogP contribution in [-0.4, -0.2) is 36.7 Å². The fourth-order valence-electron chi connectivity index (χ4n) is 1.86. The topological polar surface area (TPSA) is 130 Å². The first-order valence-corrected chi connectivity index (χ1v) is 7.91. The van der Waals surface area contributed by atoms with E-state index in [1.54, 1.807) is 13.8 Å². The number of carbonyl (C=O) groups is 1. The Morgan fingerprint density at radius 2 is 2.05 bits per heavy atom. The van der Waals surface area contributed by atoms with Crippen molar-refractivity contribution in [2.75, 3.05) is 12.3 Å². The Balaban J connectivity index is 3.31. The second-order valence-electron chi connectivity index (χ2n) is 5.05. The molecular formula is C13H20N2O5S. The number of carboxylic acids is 1. The van der Waals surface area contributed by atoms with Crippen LogP contribution in [-0.2, 0) is 10.0 Å². The number of hydrogen-bond donors (Lipinski definition) is 4. The van der Waals surface area contributed by atoms with Crippen molar-refractivity contribution in [2.45, 2.75) is 37.1 Å². The molecular weight excluding hydrogens is 296 g/mol. The molecule has 0 amide bonds. The lowest BCUT2D eigenvalue weighted by atomic mass is 9.97. The van der Waals surface area contributed by atoms with Crippen LogP contribution in [0.25, 0.3) is 0 Å². The first-order valence-electron chi connectivity index (χ1n) is 6.43. The molecule has 0 spiro atoms. The lowest BCUT2D eigenvalue weighted by Crippen LogP contribution is -2.46. The van der Waals surface area contributed by atoms with Gasteiger partial charge in [-0.3, -0.25) is 0 Å². The zero-order valence-electron chi connectivity index (χ0n) is 12.0. The van der Waals surface area contributed by atoms with Crippen molar-refractivity contribution < 1.29 is 23.4 Å². The van der Waals surface area contributed by atoms with Gasteiger partial charge in [0, 0.05) is 17.8 Å². The Hall–Kier alpha value is -1.64. The largest absolute Gasteiger partial charge is 0.478 e. The summed E-state index contributed by atoms with van der Waals surface area (Å²) < 4.78 is 27.3. The van der Waals surface area contributed by atoms with Crippen molar-refractivity contribution in [1.29, 1.82) is 0 Å². The van der Waals surface area contributed by atoms with Gasteiger partial charge in [-0.05, 0) is 38.0 Å². The van der Waals surface area contributed by atoms with E-state index >= 15 is 0 Å². The zero-order chi connectivity index (χ0) is 16.3. The van der Waals surface area contributed by atoms with Crippen molar-refractivity contribution >= 4 is 21.7 Å². The van der Waals surface area contributed by atoms with Gasteiger partial charge in [-0.25, -0.2) is 17.9 Å². The van der Waals surface area contributed by atoms with Gasteiger partial charge in [0.15, 0.2) is 0 Å². The standard InChI is InChI=1S/C13H20N2O5S/c1-3-13(2,6-7-16)15-21(19,20)11-8-9(14)4-5-10(11)12(17)18/h4-5,8,15-16H,3,6-7,14H2,1-2H3,(H,17,18). The maximum absolute atomic E-state index is 12.4. The van der Waals surface area contributed by atoms with E-state index in [0.29, 0.717) is 6.42 Å². The van der Waals surface area contributed by atoms with E-state index in [0.717, 1.165) is 12.1 Å². The van der Waals surface area contributed by atoms with E-state index in [2.05, 4.69) is 4.72 Å². The van der Waals surface area contributed by atoms with Gasteiger partial charge in [0.25, 0.3) is 0 Å². The molecule has 5 N–H and O–H groups in total. The fraction of sp³-hybridized carbons (Fsp3) is 0.462. The number of aliphatic hydroxyl groups is 1. The molecule has 0 aliphatic rings. The average molecular weight is 316 g/mol. The number of hydrogen-bond acceptors (Lipinski definition) is 5. The van der Waals surface area contributed by atoms with Crippen molar-refractivity contribution in [3.63, 3.8) is 0 Å². The molecule has 1 rings (SSSR count). The third-order valence-corrected chi connectivity index (χ3v) is 5.03. The van der Waals surface area contributed by atoms with E-state index in [1.807, 2.05) is 0 Å². The van der Waals surface area contributed by atoms with Gasteiger partial charge in [0.1, 0.15) is 0 Å². The number of nitrogen functional groups attached to an aromatic ring is 1. The molecule has 0 fully saturated rings. The molecule has 1 atom stereocenters. The van der Waals surface area contributed by atoms with E-state index in [1.165, 1.54) is 6.07 Å². The molecule has 1 aromatic carbocycles. The number of carboxylic acid groups (broad SMARTS) is 1. The number of aliphatic hydroxyl groups excluding tert-OH is 1. The maximum Gasteiger partial charge on any atom is 0.337 e. The van der Waals surface area contributed by atoms with Crippen LogP contribution in [0.2, 0.25) is 0 Å². The number of benzene rings is 1. The molecule has 8 heteroatoms. The molecule has 0 saturated heterocycles. The normalized spacial score (nSPS) is 14.6. The van der Waals surface area contributed by atoms with Gasteiger partial charge in [0.2, 0.25) is 10.0 Å². The predicted octanol–water partition coefficient (Wildman–Crippen LogP) is 0.796. The lowest BCUT2D eigenvalue weighted by Gasteiger charge is -2.28. The molecule has 0 aliphatic carbocycles. The molecule has 0 aliphatic heterocycles.